The predicted octanol–water partition coefficient (Wildman–Crippen LogP) is 2.33. The molecular weight excluding hydrogens is 300 g/mol. The van der Waals surface area contributed by atoms with Gasteiger partial charge in [0.15, 0.2) is 0 Å². The largest absolute Gasteiger partial charge is 0.342 e. The topological polar surface area (TPSA) is 61.1 Å². The lowest BCUT2D eigenvalue weighted by Crippen LogP contribution is -2.51. The molecule has 0 aromatic carbocycles. The fourth-order valence-electron chi connectivity index (χ4n) is 3.79. The molecule has 2 aliphatic rings. The van der Waals surface area contributed by atoms with Crippen LogP contribution in [-0.2, 0) is 18.4 Å². The molecule has 0 radical (unpaired) electrons. The third-order valence-electron chi connectivity index (χ3n) is 5.81. The molecule has 0 spiro atoms. The normalized spacial score (nSPS) is 24.0. The van der Waals surface area contributed by atoms with Crippen molar-refractivity contribution in [2.24, 2.45) is 18.9 Å². The number of nitrogens with zero attached hydrogens (tertiary/aromatic N) is 3. The molecule has 3 rings (SSSR count). The first-order chi connectivity index (χ1) is 11.5. The van der Waals surface area contributed by atoms with Crippen LogP contribution in [0.15, 0.2) is 6.07 Å². The summed E-state index contributed by atoms with van der Waals surface area (Å²) < 4.78 is 1.95. The molecule has 5 heteroatoms. The van der Waals surface area contributed by atoms with Crippen LogP contribution in [0.5, 0.6) is 0 Å². The van der Waals surface area contributed by atoms with Gasteiger partial charge in [0.05, 0.1) is 0 Å². The van der Waals surface area contributed by atoms with Crippen molar-refractivity contribution in [2.45, 2.75) is 52.1 Å². The van der Waals surface area contributed by atoms with E-state index in [2.05, 4.69) is 30.1 Å². The zero-order valence-electron chi connectivity index (χ0n) is 15.0. The second kappa shape index (κ2) is 6.98. The number of hydrogen-bond donors (Lipinski definition) is 1. The van der Waals surface area contributed by atoms with Crippen molar-refractivity contribution in [3.63, 3.8) is 0 Å². The van der Waals surface area contributed by atoms with Gasteiger partial charge in [-0.3, -0.25) is 4.79 Å². The molecule has 1 aliphatic carbocycles. The lowest BCUT2D eigenvalue weighted by atomic mass is 9.89. The number of rotatable bonds is 5. The number of carbonyl (C=O) groups excluding carboxylic acids is 1. The zero-order chi connectivity index (χ0) is 17.3. The van der Waals surface area contributed by atoms with E-state index in [1.807, 2.05) is 17.7 Å². The number of nitrogens with one attached hydrogen (secondary N) is 1. The highest BCUT2D eigenvalue weighted by Crippen LogP contribution is 2.33. The predicted molar refractivity (Wildman–Crippen MR) is 93.2 cm³/mol. The van der Waals surface area contributed by atoms with Crippen LogP contribution in [0.4, 0.5) is 0 Å². The summed E-state index contributed by atoms with van der Waals surface area (Å²) in [6.45, 7) is 6.83. The maximum atomic E-state index is 12.3. The summed E-state index contributed by atoms with van der Waals surface area (Å²) in [6.07, 6.45) is 4.28. The fourth-order valence-corrected chi connectivity index (χ4v) is 3.79. The Bertz CT molecular complexity index is 653. The van der Waals surface area contributed by atoms with Crippen LogP contribution in [0.2, 0.25) is 0 Å². The van der Waals surface area contributed by atoms with Crippen LogP contribution in [0.25, 0.3) is 0 Å². The minimum absolute atomic E-state index is 0.323. The van der Waals surface area contributed by atoms with Crippen molar-refractivity contribution < 1.29 is 4.79 Å². The summed E-state index contributed by atoms with van der Waals surface area (Å²) >= 11 is 0. The van der Waals surface area contributed by atoms with Gasteiger partial charge in [-0.2, -0.15) is 5.26 Å². The molecule has 1 saturated carbocycles. The van der Waals surface area contributed by atoms with E-state index in [0.29, 0.717) is 29.5 Å². The summed E-state index contributed by atoms with van der Waals surface area (Å²) in [7, 11) is 1.94. The minimum Gasteiger partial charge on any atom is -0.342 e. The molecule has 130 valence electrons. The van der Waals surface area contributed by atoms with Gasteiger partial charge in [0.1, 0.15) is 11.8 Å². The smallest absolute Gasteiger partial charge is 0.225 e. The molecule has 0 unspecified atom stereocenters. The van der Waals surface area contributed by atoms with Gasteiger partial charge in [0, 0.05) is 44.3 Å². The molecule has 24 heavy (non-hydrogen) atoms. The molecule has 1 aromatic heterocycles. The minimum atomic E-state index is 0.323. The maximum absolute atomic E-state index is 12.3. The molecule has 1 amide bonds. The van der Waals surface area contributed by atoms with Crippen molar-refractivity contribution in [2.75, 3.05) is 13.1 Å². The number of piperidine rings is 1. The second-order valence-electron chi connectivity index (χ2n) is 7.31. The first kappa shape index (κ1) is 17.0. The molecule has 1 N–H and O–H groups in total. The molecule has 0 bridgehead atoms. The Kier molecular flexibility index (Phi) is 4.96. The number of amides is 1. The Hall–Kier alpha value is -1.80. The van der Waals surface area contributed by atoms with E-state index in [1.165, 1.54) is 5.56 Å². The molecule has 1 saturated heterocycles. The van der Waals surface area contributed by atoms with Crippen LogP contribution in [0.1, 0.15) is 49.6 Å². The summed E-state index contributed by atoms with van der Waals surface area (Å²) in [5.41, 5.74) is 3.05. The van der Waals surface area contributed by atoms with Crippen LogP contribution >= 0.6 is 0 Å². The van der Waals surface area contributed by atoms with Gasteiger partial charge in [-0.05, 0) is 43.7 Å². The van der Waals surface area contributed by atoms with Crippen LogP contribution in [0.3, 0.4) is 0 Å². The monoisotopic (exact) mass is 328 g/mol. The Morgan fingerprint density at radius 2 is 2.17 bits per heavy atom. The van der Waals surface area contributed by atoms with E-state index in [1.54, 1.807) is 0 Å². The van der Waals surface area contributed by atoms with Crippen LogP contribution in [0, 0.1) is 30.1 Å². The average Bonchev–Trinajstić information content (AvgIpc) is 3.41. The SMILES string of the molecule is CC[C@H]1CN(C(=O)C2CC2)CC[C@@H]1NCc1cc(C#N)n(C)c1C. The number of nitriles is 1. The van der Waals surface area contributed by atoms with Gasteiger partial charge < -0.3 is 14.8 Å². The third-order valence-corrected chi connectivity index (χ3v) is 5.81. The Balaban J connectivity index is 1.59. The highest BCUT2D eigenvalue weighted by atomic mass is 16.2. The number of aromatic nitrogens is 1. The number of likely N-dealkylation sites (tertiary alicyclic amines) is 1. The molecule has 2 heterocycles. The van der Waals surface area contributed by atoms with Crippen LogP contribution in [-0.4, -0.2) is 34.5 Å². The third kappa shape index (κ3) is 3.34. The standard InChI is InChI=1S/C19H28N4O/c1-4-14-12-23(19(24)15-5-6-15)8-7-18(14)21-11-16-9-17(10-20)22(3)13(16)2/h9,14-15,18,21H,4-8,11-12H2,1-3H3/t14-,18-/m0/s1. The molecule has 2 atom stereocenters. The van der Waals surface area contributed by atoms with Crippen LogP contribution < -0.4 is 5.32 Å². The summed E-state index contributed by atoms with van der Waals surface area (Å²) in [6, 6.07) is 4.67. The first-order valence-corrected chi connectivity index (χ1v) is 9.12. The van der Waals surface area contributed by atoms with Crippen molar-refractivity contribution in [3.05, 3.63) is 23.0 Å². The van der Waals surface area contributed by atoms with E-state index in [9.17, 15) is 4.79 Å². The molecule has 2 fully saturated rings. The van der Waals surface area contributed by atoms with Crippen molar-refractivity contribution in [1.29, 1.82) is 5.26 Å². The van der Waals surface area contributed by atoms with E-state index < -0.39 is 0 Å². The highest BCUT2D eigenvalue weighted by molar-refractivity contribution is 5.81. The van der Waals surface area contributed by atoms with E-state index in [4.69, 9.17) is 5.26 Å². The van der Waals surface area contributed by atoms with E-state index in [0.717, 1.165) is 51.0 Å². The van der Waals surface area contributed by atoms with Gasteiger partial charge in [-0.15, -0.1) is 0 Å². The summed E-state index contributed by atoms with van der Waals surface area (Å²) in [4.78, 5) is 14.4. The molecular formula is C19H28N4O. The van der Waals surface area contributed by atoms with E-state index in [-0.39, 0.29) is 0 Å². The maximum Gasteiger partial charge on any atom is 0.225 e. The van der Waals surface area contributed by atoms with Crippen molar-refractivity contribution >= 4 is 5.91 Å². The first-order valence-electron chi connectivity index (χ1n) is 9.12. The van der Waals surface area contributed by atoms with Crippen molar-refractivity contribution in [1.82, 2.24) is 14.8 Å². The Morgan fingerprint density at radius 3 is 2.75 bits per heavy atom. The number of hydrogen-bond acceptors (Lipinski definition) is 3. The lowest BCUT2D eigenvalue weighted by Gasteiger charge is -2.39. The molecule has 5 nitrogen and oxygen atoms in total. The summed E-state index contributed by atoms with van der Waals surface area (Å²) in [5, 5.41) is 12.8. The van der Waals surface area contributed by atoms with Gasteiger partial charge in [-0.25, -0.2) is 0 Å². The number of carbonyl (C=O) groups is 1. The second-order valence-corrected chi connectivity index (χ2v) is 7.31. The van der Waals surface area contributed by atoms with Gasteiger partial charge in [-0.1, -0.05) is 13.3 Å². The molecule has 1 aliphatic heterocycles. The van der Waals surface area contributed by atoms with Crippen molar-refractivity contribution in [3.8, 4) is 6.07 Å². The molecule has 1 aromatic rings. The van der Waals surface area contributed by atoms with Gasteiger partial charge in [0.25, 0.3) is 0 Å². The summed E-state index contributed by atoms with van der Waals surface area (Å²) in [5.74, 6) is 1.22. The van der Waals surface area contributed by atoms with Gasteiger partial charge in [0.2, 0.25) is 5.91 Å². The fraction of sp³-hybridized carbons (Fsp3) is 0.684. The lowest BCUT2D eigenvalue weighted by molar-refractivity contribution is -0.134. The Labute approximate surface area is 144 Å². The van der Waals surface area contributed by atoms with E-state index >= 15 is 0 Å². The average molecular weight is 328 g/mol. The zero-order valence-corrected chi connectivity index (χ0v) is 15.0. The highest BCUT2D eigenvalue weighted by Gasteiger charge is 2.37. The Morgan fingerprint density at radius 1 is 1.42 bits per heavy atom. The quantitative estimate of drug-likeness (QED) is 0.902. The van der Waals surface area contributed by atoms with Gasteiger partial charge >= 0.3 is 0 Å².